The first-order valence-corrected chi connectivity index (χ1v) is 5.45. The van der Waals surface area contributed by atoms with E-state index in [9.17, 15) is 9.00 Å². The highest BCUT2D eigenvalue weighted by atomic mass is 32.2. The Hall–Kier alpha value is -0.420. The van der Waals surface area contributed by atoms with Gasteiger partial charge in [0.15, 0.2) is 0 Å². The van der Waals surface area contributed by atoms with E-state index < -0.39 is 22.8 Å². The van der Waals surface area contributed by atoms with Crippen LogP contribution in [-0.4, -0.2) is 50.8 Å². The quantitative estimate of drug-likeness (QED) is 0.640. The van der Waals surface area contributed by atoms with Crippen molar-refractivity contribution in [3.05, 3.63) is 0 Å². The minimum absolute atomic E-state index is 0.281. The summed E-state index contributed by atoms with van der Waals surface area (Å²) in [5, 5.41) is 8.78. The SMILES string of the molecule is CCN1CCS(=O)CC1C(=O)O. The zero-order valence-corrected chi connectivity index (χ0v) is 7.84. The summed E-state index contributed by atoms with van der Waals surface area (Å²) >= 11 is 0. The Kier molecular flexibility index (Phi) is 3.22. The van der Waals surface area contributed by atoms with Crippen molar-refractivity contribution in [3.63, 3.8) is 0 Å². The number of carbonyl (C=O) groups is 1. The molecule has 1 rings (SSSR count). The molecule has 0 bridgehead atoms. The van der Waals surface area contributed by atoms with Crippen LogP contribution < -0.4 is 0 Å². The molecular formula is C7H13NO3S. The second-order valence-electron chi connectivity index (χ2n) is 2.79. The molecule has 1 aliphatic rings. The molecular weight excluding hydrogens is 178 g/mol. The predicted octanol–water partition coefficient (Wildman–Crippen LogP) is -0.476. The molecule has 0 saturated carbocycles. The maximum atomic E-state index is 11.1. The summed E-state index contributed by atoms with van der Waals surface area (Å²) < 4.78 is 11.1. The fourth-order valence-electron chi connectivity index (χ4n) is 1.35. The standard InChI is InChI=1S/C7H13NO3S/c1-2-8-3-4-12(11)5-6(8)7(9)10/h6H,2-5H2,1H3,(H,9,10). The van der Waals surface area contributed by atoms with E-state index in [4.69, 9.17) is 5.11 Å². The molecule has 0 amide bonds. The Labute approximate surface area is 74.0 Å². The van der Waals surface area contributed by atoms with E-state index in [0.717, 1.165) is 0 Å². The summed E-state index contributed by atoms with van der Waals surface area (Å²) in [5.74, 6) is 0.0331. The molecule has 1 saturated heterocycles. The Balaban J connectivity index is 2.64. The van der Waals surface area contributed by atoms with E-state index in [2.05, 4.69) is 0 Å². The molecule has 12 heavy (non-hydrogen) atoms. The second kappa shape index (κ2) is 4.00. The molecule has 0 spiro atoms. The lowest BCUT2D eigenvalue weighted by Gasteiger charge is -2.30. The normalized spacial score (nSPS) is 31.8. The van der Waals surface area contributed by atoms with Gasteiger partial charge in [-0.25, -0.2) is 0 Å². The second-order valence-corrected chi connectivity index (χ2v) is 4.41. The summed E-state index contributed by atoms with van der Waals surface area (Å²) in [7, 11) is -0.936. The van der Waals surface area contributed by atoms with Crippen LogP contribution >= 0.6 is 0 Å². The molecule has 1 fully saturated rings. The van der Waals surface area contributed by atoms with E-state index in [1.54, 1.807) is 0 Å². The number of rotatable bonds is 2. The van der Waals surface area contributed by atoms with Crippen molar-refractivity contribution in [2.24, 2.45) is 0 Å². The maximum Gasteiger partial charge on any atom is 0.321 e. The van der Waals surface area contributed by atoms with Crippen molar-refractivity contribution in [2.45, 2.75) is 13.0 Å². The van der Waals surface area contributed by atoms with Crippen LogP contribution in [0.2, 0.25) is 0 Å². The number of hydrogen-bond donors (Lipinski definition) is 1. The number of likely N-dealkylation sites (N-methyl/N-ethyl adjacent to an activating group) is 1. The molecule has 1 aliphatic heterocycles. The molecule has 2 atom stereocenters. The number of carboxylic acids is 1. The van der Waals surface area contributed by atoms with Crippen molar-refractivity contribution in [1.29, 1.82) is 0 Å². The molecule has 0 radical (unpaired) electrons. The van der Waals surface area contributed by atoms with Crippen molar-refractivity contribution in [1.82, 2.24) is 4.90 Å². The maximum absolute atomic E-state index is 11.1. The van der Waals surface area contributed by atoms with Gasteiger partial charge in [-0.3, -0.25) is 13.9 Å². The largest absolute Gasteiger partial charge is 0.480 e. The van der Waals surface area contributed by atoms with Crippen molar-refractivity contribution in [2.75, 3.05) is 24.6 Å². The average Bonchev–Trinajstić information content (AvgIpc) is 2.04. The van der Waals surface area contributed by atoms with Crippen LogP contribution in [0.3, 0.4) is 0 Å². The van der Waals surface area contributed by atoms with E-state index in [1.165, 1.54) is 0 Å². The Morgan fingerprint density at radius 1 is 1.75 bits per heavy atom. The topological polar surface area (TPSA) is 57.6 Å². The first-order valence-electron chi connectivity index (χ1n) is 3.97. The Morgan fingerprint density at radius 2 is 2.42 bits per heavy atom. The summed E-state index contributed by atoms with van der Waals surface area (Å²) in [6.07, 6.45) is 0. The smallest absolute Gasteiger partial charge is 0.321 e. The molecule has 5 heteroatoms. The fraction of sp³-hybridized carbons (Fsp3) is 0.857. The lowest BCUT2D eigenvalue weighted by molar-refractivity contribution is -0.142. The highest BCUT2D eigenvalue weighted by Gasteiger charge is 2.30. The van der Waals surface area contributed by atoms with Crippen LogP contribution in [-0.2, 0) is 15.6 Å². The summed E-state index contributed by atoms with van der Waals surface area (Å²) in [6, 6.07) is -0.537. The van der Waals surface area contributed by atoms with Crippen LogP contribution in [0.4, 0.5) is 0 Å². The molecule has 0 aromatic rings. The van der Waals surface area contributed by atoms with Crippen LogP contribution in [0.5, 0.6) is 0 Å². The van der Waals surface area contributed by atoms with Crippen molar-refractivity contribution < 1.29 is 14.1 Å². The molecule has 2 unspecified atom stereocenters. The number of nitrogens with zero attached hydrogens (tertiary/aromatic N) is 1. The van der Waals surface area contributed by atoms with Crippen molar-refractivity contribution in [3.8, 4) is 0 Å². The van der Waals surface area contributed by atoms with Gasteiger partial charge in [-0.1, -0.05) is 6.92 Å². The highest BCUT2D eigenvalue weighted by molar-refractivity contribution is 7.85. The van der Waals surface area contributed by atoms with Gasteiger partial charge in [-0.2, -0.15) is 0 Å². The van der Waals surface area contributed by atoms with Crippen molar-refractivity contribution >= 4 is 16.8 Å². The van der Waals surface area contributed by atoms with Gasteiger partial charge in [0.2, 0.25) is 0 Å². The van der Waals surface area contributed by atoms with Gasteiger partial charge in [0.25, 0.3) is 0 Å². The van der Waals surface area contributed by atoms with E-state index in [0.29, 0.717) is 18.8 Å². The zero-order chi connectivity index (χ0) is 9.14. The van der Waals surface area contributed by atoms with E-state index in [1.807, 2.05) is 11.8 Å². The van der Waals surface area contributed by atoms with Gasteiger partial charge in [0, 0.05) is 28.9 Å². The molecule has 0 aliphatic carbocycles. The summed E-state index contributed by atoms with van der Waals surface area (Å²) in [4.78, 5) is 12.5. The first-order chi connectivity index (χ1) is 5.65. The number of carboxylic acid groups (broad SMARTS) is 1. The lowest BCUT2D eigenvalue weighted by atomic mass is 10.3. The predicted molar refractivity (Wildman–Crippen MR) is 46.5 cm³/mol. The molecule has 0 aromatic heterocycles. The third kappa shape index (κ3) is 2.04. The van der Waals surface area contributed by atoms with Crippen LogP contribution in [0.1, 0.15) is 6.92 Å². The zero-order valence-electron chi connectivity index (χ0n) is 7.02. The summed E-state index contributed by atoms with van der Waals surface area (Å²) in [5.41, 5.74) is 0. The van der Waals surface area contributed by atoms with Gasteiger partial charge >= 0.3 is 5.97 Å². The molecule has 4 nitrogen and oxygen atoms in total. The minimum Gasteiger partial charge on any atom is -0.480 e. The Bertz CT molecular complexity index is 207. The van der Waals surface area contributed by atoms with Crippen LogP contribution in [0.15, 0.2) is 0 Å². The van der Waals surface area contributed by atoms with Gasteiger partial charge < -0.3 is 5.11 Å². The van der Waals surface area contributed by atoms with Gasteiger partial charge in [-0.15, -0.1) is 0 Å². The highest BCUT2D eigenvalue weighted by Crippen LogP contribution is 2.08. The third-order valence-electron chi connectivity index (χ3n) is 2.08. The Morgan fingerprint density at radius 3 is 2.92 bits per heavy atom. The van der Waals surface area contributed by atoms with E-state index >= 15 is 0 Å². The molecule has 0 aromatic carbocycles. The van der Waals surface area contributed by atoms with Crippen LogP contribution in [0.25, 0.3) is 0 Å². The third-order valence-corrected chi connectivity index (χ3v) is 3.41. The van der Waals surface area contributed by atoms with Gasteiger partial charge in [-0.05, 0) is 6.54 Å². The molecule has 1 heterocycles. The van der Waals surface area contributed by atoms with Gasteiger partial charge in [0.1, 0.15) is 6.04 Å². The fourth-order valence-corrected chi connectivity index (χ4v) is 2.66. The number of hydrogen-bond acceptors (Lipinski definition) is 3. The van der Waals surface area contributed by atoms with E-state index in [-0.39, 0.29) is 5.75 Å². The average molecular weight is 191 g/mol. The lowest BCUT2D eigenvalue weighted by Crippen LogP contribution is -2.50. The minimum atomic E-state index is -0.936. The van der Waals surface area contributed by atoms with Crippen LogP contribution in [0, 0.1) is 0 Å². The van der Waals surface area contributed by atoms with Gasteiger partial charge in [0.05, 0.1) is 0 Å². The monoisotopic (exact) mass is 191 g/mol. The molecule has 1 N–H and O–H groups in total. The number of aliphatic carboxylic acids is 1. The molecule has 70 valence electrons. The summed E-state index contributed by atoms with van der Waals surface area (Å²) in [6.45, 7) is 3.28. The first kappa shape index (κ1) is 9.67.